The highest BCUT2D eigenvalue weighted by atomic mass is 31.2. The number of hydrogen-bond acceptors (Lipinski definition) is 10. The maximum atomic E-state index is 7.52. The number of fused-ring (bicyclic) bond motifs is 4. The van der Waals surface area contributed by atoms with Crippen molar-refractivity contribution in [3.63, 3.8) is 0 Å². The van der Waals surface area contributed by atoms with E-state index in [2.05, 4.69) is 143 Å². The summed E-state index contributed by atoms with van der Waals surface area (Å²) in [5, 5.41) is 1.63. The lowest BCUT2D eigenvalue weighted by Gasteiger charge is -2.30. The summed E-state index contributed by atoms with van der Waals surface area (Å²) >= 11 is 0. The van der Waals surface area contributed by atoms with Crippen molar-refractivity contribution < 1.29 is 45.4 Å². The van der Waals surface area contributed by atoms with Crippen LogP contribution in [0.2, 0.25) is 0 Å². The molecular formula is C59H78O10P2. The second-order valence-electron chi connectivity index (χ2n) is 24.5. The monoisotopic (exact) mass is 1010 g/mol. The van der Waals surface area contributed by atoms with Gasteiger partial charge in [0.2, 0.25) is 0 Å². The molecule has 1 aliphatic rings. The molecule has 0 fully saturated rings. The van der Waals surface area contributed by atoms with Gasteiger partial charge in [0.15, 0.2) is 11.5 Å². The summed E-state index contributed by atoms with van der Waals surface area (Å²) in [6, 6.07) is 20.5. The topological polar surface area (TPSA) is 100 Å². The summed E-state index contributed by atoms with van der Waals surface area (Å²) in [5.41, 5.74) is 6.55. The van der Waals surface area contributed by atoms with Gasteiger partial charge in [-0.2, -0.15) is 0 Å². The van der Waals surface area contributed by atoms with Gasteiger partial charge in [-0.1, -0.05) is 131 Å². The maximum absolute atomic E-state index is 7.52. The molecule has 1 aromatic heterocycles. The predicted octanol–water partition coefficient (Wildman–Crippen LogP) is 18.1. The zero-order valence-electron chi connectivity index (χ0n) is 46.5. The predicted molar refractivity (Wildman–Crippen MR) is 292 cm³/mol. The van der Waals surface area contributed by atoms with Gasteiger partial charge in [0, 0.05) is 49.7 Å². The van der Waals surface area contributed by atoms with Crippen molar-refractivity contribution in [2.75, 3.05) is 28.4 Å². The fourth-order valence-electron chi connectivity index (χ4n) is 8.76. The van der Waals surface area contributed by atoms with Gasteiger partial charge in [-0.25, -0.2) is 0 Å². The van der Waals surface area contributed by atoms with Gasteiger partial charge in [0.25, 0.3) is 0 Å². The molecule has 0 bridgehead atoms. The average molecular weight is 1010 g/mol. The minimum absolute atomic E-state index is 0.126. The number of benzene rings is 5. The van der Waals surface area contributed by atoms with Crippen LogP contribution in [-0.2, 0) is 32.5 Å². The molecule has 0 spiro atoms. The molecule has 5 aromatic carbocycles. The Hall–Kier alpha value is -5.17. The molecule has 0 saturated heterocycles. The van der Waals surface area contributed by atoms with Crippen molar-refractivity contribution in [3.05, 3.63) is 94.0 Å². The Kier molecular flexibility index (Phi) is 14.4. The normalized spacial score (nSPS) is 14.5. The number of methoxy groups -OCH3 is 4. The molecule has 0 saturated carbocycles. The van der Waals surface area contributed by atoms with E-state index in [1.54, 1.807) is 28.4 Å². The summed E-state index contributed by atoms with van der Waals surface area (Å²) in [4.78, 5) is 0. The van der Waals surface area contributed by atoms with Crippen LogP contribution in [-0.4, -0.2) is 28.4 Å². The van der Waals surface area contributed by atoms with Gasteiger partial charge in [0.1, 0.15) is 45.7 Å². The Bertz CT molecular complexity index is 2940. The molecule has 2 heterocycles. The lowest BCUT2D eigenvalue weighted by molar-refractivity contribution is 0.403. The first-order valence-corrected chi connectivity index (χ1v) is 26.8. The first-order valence-electron chi connectivity index (χ1n) is 24.6. The zero-order chi connectivity index (χ0) is 52.6. The van der Waals surface area contributed by atoms with E-state index >= 15 is 0 Å². The van der Waals surface area contributed by atoms with E-state index in [0.29, 0.717) is 68.3 Å². The largest absolute Gasteiger partial charge is 0.530 e. The molecule has 1 unspecified atom stereocenters. The maximum Gasteiger partial charge on any atom is 0.530 e. The SMILES string of the molecule is CCC(C)(C)c1cc(OC)cc(-c2cc(OC)cc(C(C)(C)C)c2OP2Oc3cc(C(C)(C)C)cc(C(C)(C)C)c3O2)c1Op1oc2c(C(C)(C)C)cc(OC)cc2c2cc(OC)cc(C(C)(C)C)c2o1. The van der Waals surface area contributed by atoms with Crippen LogP contribution in [0.15, 0.2) is 69.1 Å². The summed E-state index contributed by atoms with van der Waals surface area (Å²) in [7, 11) is 2.49. The first kappa shape index (κ1) is 53.6. The van der Waals surface area contributed by atoms with Crippen molar-refractivity contribution in [1.82, 2.24) is 0 Å². The third-order valence-electron chi connectivity index (χ3n) is 13.5. The van der Waals surface area contributed by atoms with Crippen molar-refractivity contribution in [2.45, 2.75) is 164 Å². The third kappa shape index (κ3) is 10.8. The van der Waals surface area contributed by atoms with E-state index in [1.165, 1.54) is 0 Å². The highest BCUT2D eigenvalue weighted by Crippen LogP contribution is 2.60. The van der Waals surface area contributed by atoms with Crippen molar-refractivity contribution in [3.8, 4) is 57.1 Å². The zero-order valence-corrected chi connectivity index (χ0v) is 48.2. The molecule has 10 nitrogen and oxygen atoms in total. The lowest BCUT2D eigenvalue weighted by Crippen LogP contribution is -2.17. The molecule has 71 heavy (non-hydrogen) atoms. The van der Waals surface area contributed by atoms with Gasteiger partial charge in [0.05, 0.1) is 28.4 Å². The minimum atomic E-state index is -2.25. The van der Waals surface area contributed by atoms with E-state index in [1.807, 2.05) is 42.5 Å². The van der Waals surface area contributed by atoms with Gasteiger partial charge < -0.3 is 45.4 Å². The standard InChI is InChI=1S/C59H78O10P2/c1-23-59(17,18)47-33-38(63-22)29-42(41-28-37(62-21)30-44(56(8,9)10)49(41)65-70-64-48-25-34(54(2,3)4)24-43(53(48)69-70)55(5,6)7)52(47)68-71-66-50-39(26-35(60-19)31-45(50)57(11,12)13)40-27-36(61-20)32-46(51(40)67-71)58(14,15)16/h24-33H,23H2,1-22H3. The fraction of sp³-hybridized carbons (Fsp3) is 0.492. The van der Waals surface area contributed by atoms with E-state index < -0.39 is 27.7 Å². The molecular weight excluding hydrogens is 931 g/mol. The number of hydrogen-bond donors (Lipinski definition) is 0. The van der Waals surface area contributed by atoms with Crippen LogP contribution in [0.3, 0.4) is 0 Å². The quantitative estimate of drug-likeness (QED) is 0.117. The first-order chi connectivity index (χ1) is 32.8. The molecule has 384 valence electrons. The van der Waals surface area contributed by atoms with Crippen LogP contribution in [0, 0.1) is 0 Å². The van der Waals surface area contributed by atoms with Crippen molar-refractivity contribution in [1.29, 1.82) is 0 Å². The molecule has 1 aliphatic heterocycles. The molecule has 0 radical (unpaired) electrons. The van der Waals surface area contributed by atoms with Crippen LogP contribution in [0.5, 0.6) is 46.0 Å². The van der Waals surface area contributed by atoms with E-state index in [9.17, 15) is 0 Å². The fourth-order valence-corrected chi connectivity index (χ4v) is 11.0. The molecule has 0 aliphatic carbocycles. The van der Waals surface area contributed by atoms with Gasteiger partial charge in [-0.3, -0.25) is 0 Å². The Labute approximate surface area is 425 Å². The highest BCUT2D eigenvalue weighted by Gasteiger charge is 2.40. The lowest BCUT2D eigenvalue weighted by atomic mass is 9.79. The molecule has 0 N–H and O–H groups in total. The van der Waals surface area contributed by atoms with Crippen LogP contribution in [0.1, 0.15) is 164 Å². The number of rotatable bonds is 11. The van der Waals surface area contributed by atoms with Crippen LogP contribution in [0.25, 0.3) is 33.1 Å². The van der Waals surface area contributed by atoms with Gasteiger partial charge in [-0.05, 0) is 99.1 Å². The van der Waals surface area contributed by atoms with E-state index in [0.717, 1.165) is 50.6 Å². The third-order valence-corrected chi connectivity index (χ3v) is 15.5. The van der Waals surface area contributed by atoms with Gasteiger partial charge in [-0.15, -0.1) is 0 Å². The van der Waals surface area contributed by atoms with E-state index in [-0.39, 0.29) is 21.7 Å². The van der Waals surface area contributed by atoms with Crippen LogP contribution in [0.4, 0.5) is 0 Å². The van der Waals surface area contributed by atoms with Crippen molar-refractivity contribution >= 4 is 38.8 Å². The Balaban J connectivity index is 1.58. The second kappa shape index (κ2) is 19.0. The van der Waals surface area contributed by atoms with E-state index in [4.69, 9.17) is 45.4 Å². The Morgan fingerprint density at radius 1 is 0.423 bits per heavy atom. The number of ether oxygens (including phenoxy) is 4. The molecule has 0 amide bonds. The summed E-state index contributed by atoms with van der Waals surface area (Å²) < 4.78 is 67.0. The average Bonchev–Trinajstić information content (AvgIpc) is 3.62. The Morgan fingerprint density at radius 3 is 1.24 bits per heavy atom. The van der Waals surface area contributed by atoms with Crippen molar-refractivity contribution in [2.24, 2.45) is 0 Å². The molecule has 6 aromatic rings. The molecule has 12 heteroatoms. The highest BCUT2D eigenvalue weighted by molar-refractivity contribution is 7.43. The van der Waals surface area contributed by atoms with Crippen LogP contribution >= 0.6 is 16.8 Å². The smallest absolute Gasteiger partial charge is 0.497 e. The van der Waals surface area contributed by atoms with Gasteiger partial charge >= 0.3 is 16.8 Å². The minimum Gasteiger partial charge on any atom is -0.497 e. The molecule has 7 rings (SSSR count). The summed E-state index contributed by atoms with van der Waals surface area (Å²) in [5.74, 6) is 5.17. The molecule has 1 atom stereocenters. The second-order valence-corrected chi connectivity index (χ2v) is 26.5. The summed E-state index contributed by atoms with van der Waals surface area (Å²) in [6.07, 6.45) is 0.774. The summed E-state index contributed by atoms with van der Waals surface area (Å²) in [6.45, 7) is 39.3. The van der Waals surface area contributed by atoms with Crippen LogP contribution < -0.4 is 37.0 Å². The Morgan fingerprint density at radius 2 is 0.831 bits per heavy atom.